The van der Waals surface area contributed by atoms with Gasteiger partial charge in [-0.3, -0.25) is 0 Å². The van der Waals surface area contributed by atoms with Crippen LogP contribution in [0.4, 0.5) is 0 Å². The molecule has 0 saturated carbocycles. The van der Waals surface area contributed by atoms with Crippen molar-refractivity contribution in [1.29, 1.82) is 0 Å². The molecule has 0 N–H and O–H groups in total. The third kappa shape index (κ3) is 2.21. The lowest BCUT2D eigenvalue weighted by Crippen LogP contribution is -1.94. The van der Waals surface area contributed by atoms with Gasteiger partial charge in [-0.1, -0.05) is 62.2 Å². The van der Waals surface area contributed by atoms with Crippen molar-refractivity contribution in [2.24, 2.45) is 0 Å². The molecular formula is C15H12Br2O. The summed E-state index contributed by atoms with van der Waals surface area (Å²) in [6.07, 6.45) is 1.01. The molecule has 2 aromatic carbocycles. The highest BCUT2D eigenvalue weighted by molar-refractivity contribution is 9.11. The third-order valence-corrected chi connectivity index (χ3v) is 4.93. The second kappa shape index (κ2) is 5.06. The molecule has 0 amide bonds. The molecule has 3 rings (SSSR count). The second-order valence-corrected chi connectivity index (χ2v) is 6.12. The van der Waals surface area contributed by atoms with Crippen molar-refractivity contribution in [3.05, 3.63) is 63.6 Å². The Balaban J connectivity index is 1.98. The molecular weight excluding hydrogens is 356 g/mol. The van der Waals surface area contributed by atoms with E-state index in [1.807, 2.05) is 6.07 Å². The zero-order valence-electron chi connectivity index (χ0n) is 9.70. The molecule has 0 aromatic heterocycles. The maximum atomic E-state index is 5.54. The van der Waals surface area contributed by atoms with Crippen molar-refractivity contribution in [3.63, 3.8) is 0 Å². The molecule has 0 spiro atoms. The molecule has 1 nitrogen and oxygen atoms in total. The number of hydrogen-bond donors (Lipinski definition) is 0. The standard InChI is InChI=1S/C15H12Br2O/c16-13-4-2-1-3-12(13)15(17)11-5-6-14-10(9-11)7-8-18-14/h1-6,9,15H,7-8H2. The molecule has 0 radical (unpaired) electrons. The van der Waals surface area contributed by atoms with E-state index in [-0.39, 0.29) is 4.83 Å². The summed E-state index contributed by atoms with van der Waals surface area (Å²) in [5.74, 6) is 1.03. The summed E-state index contributed by atoms with van der Waals surface area (Å²) in [6.45, 7) is 0.806. The van der Waals surface area contributed by atoms with Crippen molar-refractivity contribution >= 4 is 31.9 Å². The van der Waals surface area contributed by atoms with E-state index in [2.05, 4.69) is 68.3 Å². The van der Waals surface area contributed by atoms with Gasteiger partial charge >= 0.3 is 0 Å². The highest BCUT2D eigenvalue weighted by atomic mass is 79.9. The smallest absolute Gasteiger partial charge is 0.122 e. The molecule has 1 atom stereocenters. The van der Waals surface area contributed by atoms with E-state index < -0.39 is 0 Å². The highest BCUT2D eigenvalue weighted by Gasteiger charge is 2.17. The van der Waals surface area contributed by atoms with Crippen LogP contribution in [0.5, 0.6) is 5.75 Å². The first-order chi connectivity index (χ1) is 8.75. The number of hydrogen-bond acceptors (Lipinski definition) is 1. The Morgan fingerprint density at radius 1 is 1.11 bits per heavy atom. The first kappa shape index (κ1) is 12.2. The lowest BCUT2D eigenvalue weighted by atomic mass is 10.0. The van der Waals surface area contributed by atoms with Crippen molar-refractivity contribution in [2.75, 3.05) is 6.61 Å². The molecule has 1 aliphatic rings. The van der Waals surface area contributed by atoms with E-state index in [0.29, 0.717) is 0 Å². The van der Waals surface area contributed by atoms with Gasteiger partial charge < -0.3 is 4.74 Å². The van der Waals surface area contributed by atoms with Crippen LogP contribution in [-0.2, 0) is 6.42 Å². The van der Waals surface area contributed by atoms with E-state index in [4.69, 9.17) is 4.74 Å². The fourth-order valence-electron chi connectivity index (χ4n) is 2.22. The van der Waals surface area contributed by atoms with Gasteiger partial charge in [-0.2, -0.15) is 0 Å². The Bertz CT molecular complexity index is 580. The molecule has 0 bridgehead atoms. The minimum Gasteiger partial charge on any atom is -0.493 e. The van der Waals surface area contributed by atoms with Gasteiger partial charge in [0.1, 0.15) is 5.75 Å². The Labute approximate surface area is 123 Å². The Morgan fingerprint density at radius 2 is 1.94 bits per heavy atom. The second-order valence-electron chi connectivity index (χ2n) is 4.35. The molecule has 1 aliphatic heterocycles. The van der Waals surface area contributed by atoms with Gasteiger partial charge in [0.25, 0.3) is 0 Å². The summed E-state index contributed by atoms with van der Waals surface area (Å²) < 4.78 is 6.67. The minimum absolute atomic E-state index is 0.207. The van der Waals surface area contributed by atoms with E-state index in [1.54, 1.807) is 0 Å². The van der Waals surface area contributed by atoms with E-state index >= 15 is 0 Å². The molecule has 0 fully saturated rings. The van der Waals surface area contributed by atoms with Crippen LogP contribution < -0.4 is 4.74 Å². The first-order valence-electron chi connectivity index (χ1n) is 5.90. The molecule has 0 aliphatic carbocycles. The average Bonchev–Trinajstić information content (AvgIpc) is 2.85. The predicted octanol–water partition coefficient (Wildman–Crippen LogP) is 4.87. The first-order valence-corrected chi connectivity index (χ1v) is 7.60. The van der Waals surface area contributed by atoms with Crippen molar-refractivity contribution in [2.45, 2.75) is 11.2 Å². The monoisotopic (exact) mass is 366 g/mol. The van der Waals surface area contributed by atoms with Crippen LogP contribution in [0.25, 0.3) is 0 Å². The SMILES string of the molecule is Brc1ccccc1C(Br)c1ccc2c(c1)CCO2. The summed E-state index contributed by atoms with van der Waals surface area (Å²) in [7, 11) is 0. The maximum Gasteiger partial charge on any atom is 0.122 e. The lowest BCUT2D eigenvalue weighted by Gasteiger charge is -2.13. The Kier molecular flexibility index (Phi) is 3.44. The maximum absolute atomic E-state index is 5.54. The molecule has 3 heteroatoms. The Morgan fingerprint density at radius 3 is 2.78 bits per heavy atom. The van der Waals surface area contributed by atoms with Gasteiger partial charge in [-0.25, -0.2) is 0 Å². The largest absolute Gasteiger partial charge is 0.493 e. The van der Waals surface area contributed by atoms with Gasteiger partial charge in [-0.15, -0.1) is 0 Å². The fourth-order valence-corrected chi connectivity index (χ4v) is 3.73. The number of halogens is 2. The normalized spacial score (nSPS) is 15.0. The zero-order chi connectivity index (χ0) is 12.5. The number of benzene rings is 2. The lowest BCUT2D eigenvalue weighted by molar-refractivity contribution is 0.357. The molecule has 92 valence electrons. The van der Waals surface area contributed by atoms with Crippen LogP contribution in [0.15, 0.2) is 46.9 Å². The van der Waals surface area contributed by atoms with E-state index in [0.717, 1.165) is 23.2 Å². The quantitative estimate of drug-likeness (QED) is 0.688. The van der Waals surface area contributed by atoms with Gasteiger partial charge in [0.2, 0.25) is 0 Å². The minimum atomic E-state index is 0.207. The fraction of sp³-hybridized carbons (Fsp3) is 0.200. The number of alkyl halides is 1. The van der Waals surface area contributed by atoms with Crippen LogP contribution in [0.2, 0.25) is 0 Å². The van der Waals surface area contributed by atoms with Crippen LogP contribution in [0, 0.1) is 0 Å². The third-order valence-electron chi connectivity index (χ3n) is 3.18. The van der Waals surface area contributed by atoms with Crippen LogP contribution in [0.3, 0.4) is 0 Å². The van der Waals surface area contributed by atoms with Gasteiger partial charge in [0.05, 0.1) is 11.4 Å². The molecule has 0 saturated heterocycles. The summed E-state index contributed by atoms with van der Waals surface area (Å²) >= 11 is 7.38. The van der Waals surface area contributed by atoms with Crippen molar-refractivity contribution < 1.29 is 4.74 Å². The van der Waals surface area contributed by atoms with Crippen molar-refractivity contribution in [1.82, 2.24) is 0 Å². The summed E-state index contributed by atoms with van der Waals surface area (Å²) in [5, 5.41) is 0. The van der Waals surface area contributed by atoms with E-state index in [1.165, 1.54) is 16.7 Å². The van der Waals surface area contributed by atoms with Gasteiger partial charge in [-0.05, 0) is 28.8 Å². The number of fused-ring (bicyclic) bond motifs is 1. The van der Waals surface area contributed by atoms with Crippen LogP contribution in [-0.4, -0.2) is 6.61 Å². The van der Waals surface area contributed by atoms with Crippen LogP contribution in [0.1, 0.15) is 21.5 Å². The average molecular weight is 368 g/mol. The zero-order valence-corrected chi connectivity index (χ0v) is 12.9. The van der Waals surface area contributed by atoms with Crippen LogP contribution >= 0.6 is 31.9 Å². The number of ether oxygens (including phenoxy) is 1. The topological polar surface area (TPSA) is 9.23 Å². The summed E-state index contributed by atoms with van der Waals surface area (Å²) in [6, 6.07) is 14.7. The van der Waals surface area contributed by atoms with Gasteiger partial charge in [0.15, 0.2) is 0 Å². The molecule has 1 unspecified atom stereocenters. The predicted molar refractivity (Wildman–Crippen MR) is 80.6 cm³/mol. The van der Waals surface area contributed by atoms with E-state index in [9.17, 15) is 0 Å². The Hall–Kier alpha value is -0.800. The molecule has 2 aromatic rings. The molecule has 18 heavy (non-hydrogen) atoms. The summed E-state index contributed by atoms with van der Waals surface area (Å²) in [5.41, 5.74) is 3.83. The van der Waals surface area contributed by atoms with Gasteiger partial charge in [0, 0.05) is 10.9 Å². The highest BCUT2D eigenvalue weighted by Crippen LogP contribution is 2.37. The molecule has 1 heterocycles. The van der Waals surface area contributed by atoms with Crippen molar-refractivity contribution in [3.8, 4) is 5.75 Å². The number of rotatable bonds is 2. The summed E-state index contributed by atoms with van der Waals surface area (Å²) in [4.78, 5) is 0.207.